The third-order valence-corrected chi connectivity index (χ3v) is 4.55. The summed E-state index contributed by atoms with van der Waals surface area (Å²) >= 11 is 0. The highest BCUT2D eigenvalue weighted by Gasteiger charge is 2.09. The summed E-state index contributed by atoms with van der Waals surface area (Å²) in [5.41, 5.74) is 1.12. The van der Waals surface area contributed by atoms with Crippen LogP contribution in [-0.2, 0) is 6.54 Å². The summed E-state index contributed by atoms with van der Waals surface area (Å²) in [6, 6.07) is 5.93. The zero-order valence-electron chi connectivity index (χ0n) is 15.8. The van der Waals surface area contributed by atoms with Gasteiger partial charge in [0.2, 0.25) is 0 Å². The predicted octanol–water partition coefficient (Wildman–Crippen LogP) is 2.24. The Labute approximate surface area is 151 Å². The van der Waals surface area contributed by atoms with E-state index in [0.29, 0.717) is 6.54 Å². The van der Waals surface area contributed by atoms with Crippen LogP contribution in [0.1, 0.15) is 31.2 Å². The number of benzene rings is 1. The lowest BCUT2D eigenvalue weighted by Crippen LogP contribution is -2.41. The van der Waals surface area contributed by atoms with Crippen molar-refractivity contribution in [1.82, 2.24) is 15.5 Å². The Kier molecular flexibility index (Phi) is 8.39. The Morgan fingerprint density at radius 1 is 1.04 bits per heavy atom. The van der Waals surface area contributed by atoms with Gasteiger partial charge in [-0.25, -0.2) is 0 Å². The highest BCUT2D eigenvalue weighted by Crippen LogP contribution is 2.27. The molecule has 2 rings (SSSR count). The smallest absolute Gasteiger partial charge is 0.191 e. The van der Waals surface area contributed by atoms with Crippen LogP contribution in [0.2, 0.25) is 0 Å². The number of aliphatic imine (C=N–C) groups is 1. The van der Waals surface area contributed by atoms with E-state index < -0.39 is 0 Å². The minimum atomic E-state index is 0.684. The SMILES string of the molecule is CN=C(NCCN1CCCCCC1)NCc1ccc(OC)c(OC)c1. The molecule has 2 N–H and O–H groups in total. The molecule has 1 saturated heterocycles. The zero-order valence-corrected chi connectivity index (χ0v) is 15.8. The second kappa shape index (κ2) is 10.8. The number of guanidine groups is 1. The molecule has 1 aliphatic heterocycles. The van der Waals surface area contributed by atoms with Gasteiger partial charge in [0.15, 0.2) is 17.5 Å². The topological polar surface area (TPSA) is 58.1 Å². The Hall–Kier alpha value is -1.95. The fourth-order valence-corrected chi connectivity index (χ4v) is 3.09. The van der Waals surface area contributed by atoms with Crippen LogP contribution in [-0.4, -0.2) is 58.3 Å². The maximum absolute atomic E-state index is 5.35. The zero-order chi connectivity index (χ0) is 17.9. The minimum Gasteiger partial charge on any atom is -0.493 e. The van der Waals surface area contributed by atoms with Gasteiger partial charge in [-0.2, -0.15) is 0 Å². The van der Waals surface area contributed by atoms with Gasteiger partial charge in [-0.05, 0) is 43.6 Å². The number of hydrogen-bond acceptors (Lipinski definition) is 4. The average Bonchev–Trinajstić information content (AvgIpc) is 2.93. The maximum atomic E-state index is 5.35. The molecule has 0 spiro atoms. The molecule has 25 heavy (non-hydrogen) atoms. The summed E-state index contributed by atoms with van der Waals surface area (Å²) in [6.07, 6.45) is 5.40. The van der Waals surface area contributed by atoms with Gasteiger partial charge < -0.3 is 25.0 Å². The van der Waals surface area contributed by atoms with Crippen molar-refractivity contribution < 1.29 is 9.47 Å². The number of rotatable bonds is 7. The van der Waals surface area contributed by atoms with E-state index in [9.17, 15) is 0 Å². The Balaban J connectivity index is 1.76. The van der Waals surface area contributed by atoms with Crippen molar-refractivity contribution in [2.45, 2.75) is 32.2 Å². The molecule has 6 heteroatoms. The molecule has 0 bridgehead atoms. The Morgan fingerprint density at radius 3 is 2.40 bits per heavy atom. The number of methoxy groups -OCH3 is 2. The number of nitrogens with zero attached hydrogens (tertiary/aromatic N) is 2. The van der Waals surface area contributed by atoms with Gasteiger partial charge in [-0.1, -0.05) is 18.9 Å². The third kappa shape index (κ3) is 6.46. The van der Waals surface area contributed by atoms with Gasteiger partial charge >= 0.3 is 0 Å². The summed E-state index contributed by atoms with van der Waals surface area (Å²) in [7, 11) is 5.10. The lowest BCUT2D eigenvalue weighted by molar-refractivity contribution is 0.289. The van der Waals surface area contributed by atoms with Crippen molar-refractivity contribution in [1.29, 1.82) is 0 Å². The van der Waals surface area contributed by atoms with Crippen LogP contribution in [0.3, 0.4) is 0 Å². The van der Waals surface area contributed by atoms with Crippen molar-refractivity contribution in [2.75, 3.05) is 47.4 Å². The normalized spacial score (nSPS) is 16.2. The summed E-state index contributed by atoms with van der Waals surface area (Å²) in [5, 5.41) is 6.75. The Morgan fingerprint density at radius 2 is 1.76 bits per heavy atom. The molecule has 0 amide bonds. The number of ether oxygens (including phenoxy) is 2. The van der Waals surface area contributed by atoms with Gasteiger partial charge in [0.05, 0.1) is 14.2 Å². The monoisotopic (exact) mass is 348 g/mol. The van der Waals surface area contributed by atoms with Crippen LogP contribution in [0.25, 0.3) is 0 Å². The molecular weight excluding hydrogens is 316 g/mol. The first-order chi connectivity index (χ1) is 12.3. The lowest BCUT2D eigenvalue weighted by atomic mass is 10.2. The summed E-state index contributed by atoms with van der Waals surface area (Å²) < 4.78 is 10.6. The van der Waals surface area contributed by atoms with Crippen LogP contribution in [0.5, 0.6) is 11.5 Å². The van der Waals surface area contributed by atoms with Crippen LogP contribution >= 0.6 is 0 Å². The molecule has 0 atom stereocenters. The quantitative estimate of drug-likeness (QED) is 0.585. The second-order valence-electron chi connectivity index (χ2n) is 6.30. The molecule has 1 fully saturated rings. The van der Waals surface area contributed by atoms with Crippen molar-refractivity contribution in [3.8, 4) is 11.5 Å². The summed E-state index contributed by atoms with van der Waals surface area (Å²) in [5.74, 6) is 2.31. The molecule has 0 aliphatic carbocycles. The summed E-state index contributed by atoms with van der Waals surface area (Å²) in [6.45, 7) is 5.10. The molecular formula is C19H32N4O2. The standard InChI is InChI=1S/C19H32N4O2/c1-20-19(21-10-13-23-11-6-4-5-7-12-23)22-15-16-8-9-17(24-2)18(14-16)25-3/h8-9,14H,4-7,10-13,15H2,1-3H3,(H2,20,21,22). The van der Waals surface area contributed by atoms with E-state index in [-0.39, 0.29) is 0 Å². The van der Waals surface area contributed by atoms with Crippen LogP contribution < -0.4 is 20.1 Å². The number of nitrogens with one attached hydrogen (secondary N) is 2. The van der Waals surface area contributed by atoms with E-state index >= 15 is 0 Å². The molecule has 6 nitrogen and oxygen atoms in total. The van der Waals surface area contributed by atoms with Gasteiger partial charge in [0, 0.05) is 26.7 Å². The van der Waals surface area contributed by atoms with Gasteiger partial charge in [-0.3, -0.25) is 4.99 Å². The van der Waals surface area contributed by atoms with Crippen molar-refractivity contribution in [3.63, 3.8) is 0 Å². The van der Waals surface area contributed by atoms with Gasteiger partial charge in [0.25, 0.3) is 0 Å². The van der Waals surface area contributed by atoms with Gasteiger partial charge in [0.1, 0.15) is 0 Å². The first kappa shape index (κ1) is 19.4. The second-order valence-corrected chi connectivity index (χ2v) is 6.30. The largest absolute Gasteiger partial charge is 0.493 e. The highest BCUT2D eigenvalue weighted by atomic mass is 16.5. The van der Waals surface area contributed by atoms with E-state index in [1.54, 1.807) is 21.3 Å². The summed E-state index contributed by atoms with van der Waals surface area (Å²) in [4.78, 5) is 6.84. The molecule has 1 aromatic carbocycles. The molecule has 0 saturated carbocycles. The van der Waals surface area contributed by atoms with Crippen molar-refractivity contribution in [3.05, 3.63) is 23.8 Å². The number of likely N-dealkylation sites (tertiary alicyclic amines) is 1. The van der Waals surface area contributed by atoms with Crippen LogP contribution in [0.15, 0.2) is 23.2 Å². The van der Waals surface area contributed by atoms with E-state index in [1.807, 2.05) is 18.2 Å². The van der Waals surface area contributed by atoms with Crippen molar-refractivity contribution >= 4 is 5.96 Å². The highest BCUT2D eigenvalue weighted by molar-refractivity contribution is 5.79. The van der Waals surface area contributed by atoms with E-state index in [4.69, 9.17) is 9.47 Å². The van der Waals surface area contributed by atoms with Crippen molar-refractivity contribution in [2.24, 2.45) is 4.99 Å². The van der Waals surface area contributed by atoms with E-state index in [2.05, 4.69) is 20.5 Å². The molecule has 0 radical (unpaired) electrons. The minimum absolute atomic E-state index is 0.684. The molecule has 1 aliphatic rings. The van der Waals surface area contributed by atoms with Crippen LogP contribution in [0, 0.1) is 0 Å². The lowest BCUT2D eigenvalue weighted by Gasteiger charge is -2.20. The van der Waals surface area contributed by atoms with Crippen LogP contribution in [0.4, 0.5) is 0 Å². The fourth-order valence-electron chi connectivity index (χ4n) is 3.09. The van der Waals surface area contributed by atoms with Gasteiger partial charge in [-0.15, -0.1) is 0 Å². The fraction of sp³-hybridized carbons (Fsp3) is 0.632. The third-order valence-electron chi connectivity index (χ3n) is 4.55. The first-order valence-corrected chi connectivity index (χ1v) is 9.14. The maximum Gasteiger partial charge on any atom is 0.191 e. The molecule has 1 heterocycles. The molecule has 140 valence electrons. The first-order valence-electron chi connectivity index (χ1n) is 9.14. The molecule has 0 unspecified atom stereocenters. The average molecular weight is 348 g/mol. The number of hydrogen-bond donors (Lipinski definition) is 2. The predicted molar refractivity (Wildman–Crippen MR) is 103 cm³/mol. The molecule has 0 aromatic heterocycles. The van der Waals surface area contributed by atoms with E-state index in [1.165, 1.54) is 38.8 Å². The molecule has 1 aromatic rings. The Bertz CT molecular complexity index is 540. The van der Waals surface area contributed by atoms with E-state index in [0.717, 1.165) is 36.1 Å².